The third-order valence-electron chi connectivity index (χ3n) is 9.78. The number of ether oxygens (including phenoxy) is 4. The van der Waals surface area contributed by atoms with Gasteiger partial charge in [-0.3, -0.25) is 24.1 Å². The molecule has 0 saturated carbocycles. The first-order valence-electron chi connectivity index (χ1n) is 15.7. The Kier molecular flexibility index (Phi) is 9.64. The van der Waals surface area contributed by atoms with Crippen LogP contribution >= 0.6 is 0 Å². The van der Waals surface area contributed by atoms with E-state index in [1.165, 1.54) is 13.2 Å². The fourth-order valence-corrected chi connectivity index (χ4v) is 7.49. The van der Waals surface area contributed by atoms with Crippen molar-refractivity contribution in [1.29, 1.82) is 0 Å². The maximum absolute atomic E-state index is 13.7. The molecule has 1 spiro atoms. The molecule has 1 saturated heterocycles. The lowest BCUT2D eigenvalue weighted by molar-refractivity contribution is -0.207. The minimum Gasteiger partial charge on any atom is -0.493 e. The summed E-state index contributed by atoms with van der Waals surface area (Å²) < 4.78 is 24.3. The molecule has 0 unspecified atom stereocenters. The number of carbonyl (C=O) groups excluding carboxylic acids is 4. The molecule has 6 N–H and O–H groups in total. The van der Waals surface area contributed by atoms with Gasteiger partial charge in [-0.1, -0.05) is 6.07 Å². The van der Waals surface area contributed by atoms with E-state index >= 15 is 0 Å². The first-order valence-corrected chi connectivity index (χ1v) is 15.7. The normalized spacial score (nSPS) is 27.1. The molecule has 2 aliphatic heterocycles. The third kappa shape index (κ3) is 6.06. The monoisotopic (exact) mass is 689 g/mol. The SMILES string of the molecule is COc1ccc2c3c1O[C@H]1C(OC(=O)C[C@H](NC(=O)[C@H](C)O)C(=O)O)=CC[C@@]4(OC(=O)C[C@H](NC(=O)[C@H](C)O)C(=O)O)[C@@H](C2)N(C)CC[C@]314. The molecule has 0 radical (unpaired) electrons. The Morgan fingerprint density at radius 1 is 0.980 bits per heavy atom. The highest BCUT2D eigenvalue weighted by atomic mass is 16.6. The Morgan fingerprint density at radius 3 is 2.12 bits per heavy atom. The second kappa shape index (κ2) is 13.3. The summed E-state index contributed by atoms with van der Waals surface area (Å²) in [5.41, 5.74) is -1.03. The maximum atomic E-state index is 13.7. The lowest BCUT2D eigenvalue weighted by atomic mass is 9.50. The lowest BCUT2D eigenvalue weighted by Crippen LogP contribution is -2.75. The largest absolute Gasteiger partial charge is 0.493 e. The standard InChI is InChI=1S/C32H39N3O14/c1-14(36)27(40)33-17(29(42)43)12-22(38)47-20-7-8-32(49-23(39)13-18(30(44)45)34-28(41)15(2)37)21-11-16-5-6-19(46-4)25-24(16)31(32,26(20)48-25)9-10-35(21)3/h5-7,14-15,17-18,21,26,36-37H,8-13H2,1-4H3,(H,33,40)(H,34,41)(H,42,43)(H,44,45)/t14-,15-,17-,18-,21+,26-,31-,32+/m0/s1. The first-order chi connectivity index (χ1) is 23.1. The number of carbonyl (C=O) groups is 6. The predicted octanol–water partition coefficient (Wildman–Crippen LogP) is -1.25. The van der Waals surface area contributed by atoms with E-state index in [1.807, 2.05) is 18.0 Å². The number of hydrogen-bond donors (Lipinski definition) is 6. The van der Waals surface area contributed by atoms with Crippen LogP contribution in [0, 0.1) is 0 Å². The van der Waals surface area contributed by atoms with Crippen LogP contribution in [0.5, 0.6) is 11.5 Å². The first kappa shape index (κ1) is 35.6. The molecule has 0 aromatic heterocycles. The van der Waals surface area contributed by atoms with Crippen LogP contribution < -0.4 is 20.1 Å². The van der Waals surface area contributed by atoms with Gasteiger partial charge in [-0.25, -0.2) is 9.59 Å². The quantitative estimate of drug-likeness (QED) is 0.132. The number of aliphatic hydroxyl groups excluding tert-OH is 2. The second-order valence-corrected chi connectivity index (χ2v) is 12.8. The van der Waals surface area contributed by atoms with Crippen LogP contribution in [0.3, 0.4) is 0 Å². The number of hydrogen-bond acceptors (Lipinski definition) is 13. The fourth-order valence-electron chi connectivity index (χ4n) is 7.49. The number of benzene rings is 1. The van der Waals surface area contributed by atoms with Crippen molar-refractivity contribution in [3.63, 3.8) is 0 Å². The molecule has 17 heteroatoms. The topological polar surface area (TPSA) is 248 Å². The number of rotatable bonds is 13. The summed E-state index contributed by atoms with van der Waals surface area (Å²) in [7, 11) is 3.32. The number of carboxylic acid groups (broad SMARTS) is 2. The number of aliphatic hydroxyl groups is 2. The van der Waals surface area contributed by atoms with Gasteiger partial charge < -0.3 is 50.0 Å². The van der Waals surface area contributed by atoms with Crippen molar-refractivity contribution in [3.05, 3.63) is 35.1 Å². The average Bonchev–Trinajstić information content (AvgIpc) is 3.38. The van der Waals surface area contributed by atoms with E-state index in [4.69, 9.17) is 18.9 Å². The highest BCUT2D eigenvalue weighted by Crippen LogP contribution is 2.66. The van der Waals surface area contributed by atoms with Gasteiger partial charge in [-0.2, -0.15) is 0 Å². The van der Waals surface area contributed by atoms with Crippen LogP contribution in [0.25, 0.3) is 0 Å². The van der Waals surface area contributed by atoms with Crippen molar-refractivity contribution in [2.24, 2.45) is 0 Å². The number of likely N-dealkylation sites (tertiary alicyclic amines) is 1. The van der Waals surface area contributed by atoms with Gasteiger partial charge in [0.15, 0.2) is 17.6 Å². The summed E-state index contributed by atoms with van der Waals surface area (Å²) >= 11 is 0. The van der Waals surface area contributed by atoms with Crippen LogP contribution in [0.2, 0.25) is 0 Å². The van der Waals surface area contributed by atoms with Crippen molar-refractivity contribution in [1.82, 2.24) is 15.5 Å². The summed E-state index contributed by atoms with van der Waals surface area (Å²) in [6, 6.07) is -0.253. The lowest BCUT2D eigenvalue weighted by Gasteiger charge is -2.62. The van der Waals surface area contributed by atoms with Crippen molar-refractivity contribution in [2.45, 2.75) is 93.4 Å². The molecule has 8 atom stereocenters. The number of amides is 2. The zero-order chi connectivity index (χ0) is 36.0. The molecular formula is C32H39N3O14. The molecule has 1 fully saturated rings. The van der Waals surface area contributed by atoms with Gasteiger partial charge in [0.2, 0.25) is 11.8 Å². The molecular weight excluding hydrogens is 650 g/mol. The number of aliphatic carboxylic acids is 2. The van der Waals surface area contributed by atoms with E-state index < -0.39 is 96.0 Å². The van der Waals surface area contributed by atoms with Gasteiger partial charge in [0.25, 0.3) is 0 Å². The van der Waals surface area contributed by atoms with E-state index in [9.17, 15) is 49.2 Å². The number of carboxylic acids is 2. The van der Waals surface area contributed by atoms with Crippen molar-refractivity contribution in [2.75, 3.05) is 20.7 Å². The third-order valence-corrected chi connectivity index (χ3v) is 9.78. The smallest absolute Gasteiger partial charge is 0.326 e. The summed E-state index contributed by atoms with van der Waals surface area (Å²) in [5, 5.41) is 42.7. The zero-order valence-corrected chi connectivity index (χ0v) is 27.3. The van der Waals surface area contributed by atoms with Crippen LogP contribution in [-0.4, -0.2) is 124 Å². The molecule has 2 amide bonds. The van der Waals surface area contributed by atoms with Crippen LogP contribution in [0.1, 0.15) is 50.7 Å². The average molecular weight is 690 g/mol. The Balaban J connectivity index is 1.53. The van der Waals surface area contributed by atoms with E-state index in [1.54, 1.807) is 6.07 Å². The summed E-state index contributed by atoms with van der Waals surface area (Å²) in [5.74, 6) is -6.24. The minimum atomic E-state index is -1.70. The maximum Gasteiger partial charge on any atom is 0.326 e. The van der Waals surface area contributed by atoms with Gasteiger partial charge >= 0.3 is 23.9 Å². The molecule has 1 aromatic rings. The Hall–Kier alpha value is -4.74. The second-order valence-electron chi connectivity index (χ2n) is 12.8. The number of likely N-dealkylation sites (N-methyl/N-ethyl adjacent to an activating group) is 1. The van der Waals surface area contributed by atoms with Gasteiger partial charge in [-0.05, 0) is 58.0 Å². The number of nitrogens with one attached hydrogen (secondary N) is 2. The molecule has 5 rings (SSSR count). The van der Waals surface area contributed by atoms with Gasteiger partial charge in [-0.15, -0.1) is 0 Å². The van der Waals surface area contributed by atoms with Gasteiger partial charge in [0, 0.05) is 12.0 Å². The summed E-state index contributed by atoms with van der Waals surface area (Å²) in [4.78, 5) is 76.8. The number of esters is 2. The van der Waals surface area contributed by atoms with Crippen molar-refractivity contribution in [3.8, 4) is 11.5 Å². The summed E-state index contributed by atoms with van der Waals surface area (Å²) in [6.07, 6.45) is -3.45. The molecule has 2 bridgehead atoms. The van der Waals surface area contributed by atoms with E-state index in [-0.39, 0.29) is 12.2 Å². The predicted molar refractivity (Wildman–Crippen MR) is 163 cm³/mol. The van der Waals surface area contributed by atoms with Crippen LogP contribution in [0.4, 0.5) is 0 Å². The zero-order valence-electron chi connectivity index (χ0n) is 27.3. The Labute approximate surface area is 280 Å². The molecule has 4 aliphatic rings. The molecule has 266 valence electrons. The molecule has 2 heterocycles. The van der Waals surface area contributed by atoms with Crippen molar-refractivity contribution < 1.29 is 68.1 Å². The number of piperidine rings is 1. The van der Waals surface area contributed by atoms with Crippen LogP contribution in [0.15, 0.2) is 24.0 Å². The molecule has 49 heavy (non-hydrogen) atoms. The van der Waals surface area contributed by atoms with Crippen LogP contribution in [-0.2, 0) is 50.1 Å². The van der Waals surface area contributed by atoms with Gasteiger partial charge in [0.1, 0.15) is 35.7 Å². The number of methoxy groups -OCH3 is 1. The van der Waals surface area contributed by atoms with Gasteiger partial charge in [0.05, 0.1) is 31.4 Å². The number of nitrogens with zero attached hydrogens (tertiary/aromatic N) is 1. The summed E-state index contributed by atoms with van der Waals surface area (Å²) in [6.45, 7) is 2.79. The highest BCUT2D eigenvalue weighted by Gasteiger charge is 2.74. The highest BCUT2D eigenvalue weighted by molar-refractivity contribution is 5.90. The minimum absolute atomic E-state index is 0.0182. The Bertz CT molecular complexity index is 1610. The van der Waals surface area contributed by atoms with E-state index in [0.29, 0.717) is 36.4 Å². The van der Waals surface area contributed by atoms with E-state index in [0.717, 1.165) is 19.4 Å². The van der Waals surface area contributed by atoms with E-state index in [2.05, 4.69) is 10.6 Å². The Morgan fingerprint density at radius 2 is 1.57 bits per heavy atom. The van der Waals surface area contributed by atoms with Crippen molar-refractivity contribution >= 4 is 35.7 Å². The molecule has 1 aromatic carbocycles. The molecule has 2 aliphatic carbocycles. The fraction of sp³-hybridized carbons (Fsp3) is 0.562. The molecule has 17 nitrogen and oxygen atoms in total.